The van der Waals surface area contributed by atoms with E-state index in [-0.39, 0.29) is 24.3 Å². The van der Waals surface area contributed by atoms with E-state index in [1.54, 1.807) is 16.7 Å². The lowest BCUT2D eigenvalue weighted by atomic mass is 10.1. The normalized spacial score (nSPS) is 18.6. The number of rotatable bonds is 6. The van der Waals surface area contributed by atoms with Crippen molar-refractivity contribution < 1.29 is 19.1 Å². The number of amides is 2. The van der Waals surface area contributed by atoms with E-state index in [4.69, 9.17) is 15.2 Å². The van der Waals surface area contributed by atoms with Crippen LogP contribution in [0, 0.1) is 0 Å². The molecule has 9 nitrogen and oxygen atoms in total. The second kappa shape index (κ2) is 9.84. The van der Waals surface area contributed by atoms with E-state index >= 15 is 0 Å². The third-order valence-electron chi connectivity index (χ3n) is 4.61. The topological polar surface area (TPSA) is 109 Å². The minimum Gasteiger partial charge on any atom is -0.450 e. The molecule has 1 saturated heterocycles. The van der Waals surface area contributed by atoms with Gasteiger partial charge in [0.15, 0.2) is 5.96 Å². The number of guanidine groups is 1. The van der Waals surface area contributed by atoms with Crippen LogP contribution in [0.2, 0.25) is 0 Å². The van der Waals surface area contributed by atoms with E-state index in [0.29, 0.717) is 38.7 Å². The van der Waals surface area contributed by atoms with Gasteiger partial charge >= 0.3 is 12.2 Å². The smallest absolute Gasteiger partial charge is 0.410 e. The van der Waals surface area contributed by atoms with Gasteiger partial charge in [0, 0.05) is 31.7 Å². The number of hydrogen-bond donors (Lipinski definition) is 2. The maximum Gasteiger partial charge on any atom is 0.410 e. The number of carbonyl (C=O) groups is 2. The molecule has 0 unspecified atom stereocenters. The van der Waals surface area contributed by atoms with Crippen LogP contribution in [0.15, 0.2) is 4.99 Å². The van der Waals surface area contributed by atoms with Crippen LogP contribution in [-0.2, 0) is 9.47 Å². The standard InChI is InChI=1S/C19H35N5O4/c1-5-27-17(25)23-11-8-14(9-12-23)22-16(20)21-10-13-24(15-6-7-15)18(26)28-19(2,3)4/h14-15H,5-13H2,1-4H3,(H3,20,21,22). The van der Waals surface area contributed by atoms with E-state index in [9.17, 15) is 9.59 Å². The van der Waals surface area contributed by atoms with Gasteiger partial charge in [-0.3, -0.25) is 4.99 Å². The summed E-state index contributed by atoms with van der Waals surface area (Å²) in [6, 6.07) is 0.436. The number of likely N-dealkylation sites (tertiary alicyclic amines) is 1. The van der Waals surface area contributed by atoms with Gasteiger partial charge in [0.1, 0.15) is 5.60 Å². The van der Waals surface area contributed by atoms with Crippen LogP contribution in [0.3, 0.4) is 0 Å². The van der Waals surface area contributed by atoms with Gasteiger partial charge in [0.05, 0.1) is 13.2 Å². The summed E-state index contributed by atoms with van der Waals surface area (Å²) in [6.07, 6.45) is 3.06. The van der Waals surface area contributed by atoms with Crippen molar-refractivity contribution in [3.8, 4) is 0 Å². The number of nitrogens with zero attached hydrogens (tertiary/aromatic N) is 3. The van der Waals surface area contributed by atoms with Gasteiger partial charge in [-0.25, -0.2) is 9.59 Å². The van der Waals surface area contributed by atoms with Crippen LogP contribution in [-0.4, -0.2) is 78.4 Å². The second-order valence-corrected chi connectivity index (χ2v) is 8.28. The molecule has 0 aromatic carbocycles. The summed E-state index contributed by atoms with van der Waals surface area (Å²) < 4.78 is 10.5. The Hall–Kier alpha value is -2.19. The molecule has 1 heterocycles. The average Bonchev–Trinajstić information content (AvgIpc) is 3.42. The highest BCUT2D eigenvalue weighted by molar-refractivity contribution is 5.78. The summed E-state index contributed by atoms with van der Waals surface area (Å²) in [5.74, 6) is 0.370. The predicted octanol–water partition coefficient (Wildman–Crippen LogP) is 1.91. The lowest BCUT2D eigenvalue weighted by Crippen LogP contribution is -2.48. The van der Waals surface area contributed by atoms with Crippen molar-refractivity contribution in [2.45, 2.75) is 71.1 Å². The fourth-order valence-electron chi connectivity index (χ4n) is 3.08. The lowest BCUT2D eigenvalue weighted by Gasteiger charge is -2.31. The minimum atomic E-state index is -0.507. The summed E-state index contributed by atoms with van der Waals surface area (Å²) in [5.41, 5.74) is 5.49. The van der Waals surface area contributed by atoms with Gasteiger partial charge in [0.2, 0.25) is 0 Å². The van der Waals surface area contributed by atoms with E-state index in [1.807, 2.05) is 20.8 Å². The largest absolute Gasteiger partial charge is 0.450 e. The predicted molar refractivity (Wildman–Crippen MR) is 107 cm³/mol. The Kier molecular flexibility index (Phi) is 7.77. The molecule has 3 N–H and O–H groups in total. The number of nitrogens with two attached hydrogens (primary N) is 1. The average molecular weight is 398 g/mol. The van der Waals surface area contributed by atoms with E-state index < -0.39 is 5.60 Å². The van der Waals surface area contributed by atoms with Crippen LogP contribution in [0.5, 0.6) is 0 Å². The Morgan fingerprint density at radius 2 is 1.86 bits per heavy atom. The highest BCUT2D eigenvalue weighted by Gasteiger charge is 2.34. The minimum absolute atomic E-state index is 0.180. The second-order valence-electron chi connectivity index (χ2n) is 8.28. The summed E-state index contributed by atoms with van der Waals surface area (Å²) in [4.78, 5) is 31.9. The SMILES string of the molecule is CCOC(=O)N1CCC(NC(N)=NCCN(C(=O)OC(C)(C)C)C2CC2)CC1. The third-order valence-corrected chi connectivity index (χ3v) is 4.61. The molecule has 0 radical (unpaired) electrons. The van der Waals surface area contributed by atoms with Gasteiger partial charge in [-0.1, -0.05) is 0 Å². The molecule has 0 aromatic heterocycles. The van der Waals surface area contributed by atoms with Crippen molar-refractivity contribution in [1.29, 1.82) is 0 Å². The molecular weight excluding hydrogens is 362 g/mol. The first kappa shape index (κ1) is 22.1. The van der Waals surface area contributed by atoms with Crippen LogP contribution < -0.4 is 11.1 Å². The maximum absolute atomic E-state index is 12.3. The Bertz CT molecular complexity index is 563. The lowest BCUT2D eigenvalue weighted by molar-refractivity contribution is 0.0240. The first-order chi connectivity index (χ1) is 13.2. The first-order valence-electron chi connectivity index (χ1n) is 10.2. The van der Waals surface area contributed by atoms with E-state index in [1.165, 1.54) is 0 Å². The molecule has 0 bridgehead atoms. The Morgan fingerprint density at radius 1 is 1.21 bits per heavy atom. The Balaban J connectivity index is 1.73. The molecule has 1 saturated carbocycles. The van der Waals surface area contributed by atoms with Crippen molar-refractivity contribution in [2.75, 3.05) is 32.8 Å². The molecule has 0 aromatic rings. The van der Waals surface area contributed by atoms with Crippen molar-refractivity contribution in [3.05, 3.63) is 0 Å². The highest BCUT2D eigenvalue weighted by atomic mass is 16.6. The van der Waals surface area contributed by atoms with Crippen LogP contribution in [0.1, 0.15) is 53.4 Å². The quantitative estimate of drug-likeness (QED) is 0.523. The van der Waals surface area contributed by atoms with Crippen molar-refractivity contribution >= 4 is 18.1 Å². The van der Waals surface area contributed by atoms with Crippen LogP contribution >= 0.6 is 0 Å². The van der Waals surface area contributed by atoms with Crippen molar-refractivity contribution in [3.63, 3.8) is 0 Å². The third kappa shape index (κ3) is 7.44. The van der Waals surface area contributed by atoms with Crippen molar-refractivity contribution in [2.24, 2.45) is 10.7 Å². The molecule has 1 aliphatic carbocycles. The molecule has 2 aliphatic rings. The number of nitrogens with one attached hydrogen (secondary N) is 1. The zero-order valence-electron chi connectivity index (χ0n) is 17.6. The summed E-state index contributed by atoms with van der Waals surface area (Å²) >= 11 is 0. The molecule has 1 aliphatic heterocycles. The molecule has 2 rings (SSSR count). The zero-order valence-corrected chi connectivity index (χ0v) is 17.6. The Morgan fingerprint density at radius 3 is 2.39 bits per heavy atom. The van der Waals surface area contributed by atoms with Crippen LogP contribution in [0.4, 0.5) is 9.59 Å². The summed E-state index contributed by atoms with van der Waals surface area (Å²) in [6.45, 7) is 9.97. The number of aliphatic imine (C=N–C) groups is 1. The molecule has 2 fully saturated rings. The molecule has 28 heavy (non-hydrogen) atoms. The Labute approximate surface area is 167 Å². The van der Waals surface area contributed by atoms with E-state index in [2.05, 4.69) is 10.3 Å². The number of piperidine rings is 1. The highest BCUT2D eigenvalue weighted by Crippen LogP contribution is 2.28. The van der Waals surface area contributed by atoms with Gasteiger partial charge in [-0.15, -0.1) is 0 Å². The fraction of sp³-hybridized carbons (Fsp3) is 0.842. The van der Waals surface area contributed by atoms with Gasteiger partial charge < -0.3 is 30.3 Å². The number of ether oxygens (including phenoxy) is 2. The van der Waals surface area contributed by atoms with Gasteiger partial charge in [0.25, 0.3) is 0 Å². The van der Waals surface area contributed by atoms with Crippen LogP contribution in [0.25, 0.3) is 0 Å². The maximum atomic E-state index is 12.3. The first-order valence-corrected chi connectivity index (χ1v) is 10.2. The fourth-order valence-corrected chi connectivity index (χ4v) is 3.08. The van der Waals surface area contributed by atoms with E-state index in [0.717, 1.165) is 25.7 Å². The zero-order chi connectivity index (χ0) is 20.7. The molecule has 0 spiro atoms. The molecule has 9 heteroatoms. The monoisotopic (exact) mass is 397 g/mol. The number of carbonyl (C=O) groups excluding carboxylic acids is 2. The summed E-state index contributed by atoms with van der Waals surface area (Å²) in [5, 5.41) is 3.21. The molecule has 160 valence electrons. The molecule has 2 amide bonds. The molecule has 0 atom stereocenters. The summed E-state index contributed by atoms with van der Waals surface area (Å²) in [7, 11) is 0. The molecular formula is C19H35N5O4. The van der Waals surface area contributed by atoms with Gasteiger partial charge in [-0.2, -0.15) is 0 Å². The van der Waals surface area contributed by atoms with Crippen molar-refractivity contribution in [1.82, 2.24) is 15.1 Å². The number of hydrogen-bond acceptors (Lipinski definition) is 5. The van der Waals surface area contributed by atoms with Gasteiger partial charge in [-0.05, 0) is 53.4 Å².